The molecule has 8 rings (SSSR count). The summed E-state index contributed by atoms with van der Waals surface area (Å²) in [4.78, 5) is 25.6. The lowest BCUT2D eigenvalue weighted by atomic mass is 9.48. The molecule has 0 unspecified atom stereocenters. The van der Waals surface area contributed by atoms with Crippen molar-refractivity contribution in [1.29, 1.82) is 0 Å². The highest BCUT2D eigenvalue weighted by molar-refractivity contribution is 7.14. The number of rotatable bonds is 6. The minimum atomic E-state index is 0.310. The number of aromatic nitrogens is 2. The van der Waals surface area contributed by atoms with Gasteiger partial charge in [-0.1, -0.05) is 18.2 Å². The van der Waals surface area contributed by atoms with Gasteiger partial charge in [0.25, 0.3) is 0 Å². The van der Waals surface area contributed by atoms with Crippen molar-refractivity contribution in [1.82, 2.24) is 9.97 Å². The Labute approximate surface area is 208 Å². The SMILES string of the molecule is O=C(Cc1ccc2nc(-c3cccs3)c(-c3cccs3)nc2c1)CC12CC3CC(CC(C3)C1)C2. The zero-order valence-corrected chi connectivity index (χ0v) is 20.8. The molecule has 4 aliphatic carbocycles. The summed E-state index contributed by atoms with van der Waals surface area (Å²) in [5.41, 5.74) is 5.02. The molecule has 172 valence electrons. The van der Waals surface area contributed by atoms with Gasteiger partial charge in [0.05, 0.1) is 20.8 Å². The lowest BCUT2D eigenvalue weighted by Gasteiger charge is -2.56. The number of thiophene rings is 2. The molecule has 3 aromatic heterocycles. The molecule has 0 saturated heterocycles. The van der Waals surface area contributed by atoms with E-state index in [1.54, 1.807) is 22.7 Å². The van der Waals surface area contributed by atoms with Crippen LogP contribution in [0.5, 0.6) is 0 Å². The Morgan fingerprint density at radius 2 is 1.41 bits per heavy atom. The van der Waals surface area contributed by atoms with E-state index in [0.717, 1.165) is 61.9 Å². The molecular weight excluding hydrogens is 456 g/mol. The van der Waals surface area contributed by atoms with E-state index in [1.807, 2.05) is 6.07 Å². The third kappa shape index (κ3) is 3.74. The van der Waals surface area contributed by atoms with E-state index >= 15 is 0 Å². The van der Waals surface area contributed by atoms with E-state index in [4.69, 9.17) is 9.97 Å². The van der Waals surface area contributed by atoms with Crippen LogP contribution in [0.4, 0.5) is 0 Å². The molecule has 1 aromatic carbocycles. The minimum absolute atomic E-state index is 0.310. The predicted octanol–water partition coefficient (Wildman–Crippen LogP) is 7.80. The number of Topliss-reactive ketones (excluding diaryl/α,β-unsaturated/α-hetero) is 1. The third-order valence-corrected chi connectivity index (χ3v) is 10.1. The molecule has 4 bridgehead atoms. The predicted molar refractivity (Wildman–Crippen MR) is 140 cm³/mol. The first-order chi connectivity index (χ1) is 16.6. The maximum Gasteiger partial charge on any atom is 0.137 e. The summed E-state index contributed by atoms with van der Waals surface area (Å²) in [6, 6.07) is 14.6. The number of carbonyl (C=O) groups excluding carboxylic acids is 1. The average Bonchev–Trinajstić information content (AvgIpc) is 3.51. The van der Waals surface area contributed by atoms with Crippen molar-refractivity contribution in [3.63, 3.8) is 0 Å². The Kier molecular flexibility index (Phi) is 4.99. The van der Waals surface area contributed by atoms with Gasteiger partial charge in [0.1, 0.15) is 17.2 Å². The second kappa shape index (κ2) is 8.10. The molecule has 4 aliphatic rings. The van der Waals surface area contributed by atoms with Crippen LogP contribution < -0.4 is 0 Å². The number of ketones is 1. The summed E-state index contributed by atoms with van der Waals surface area (Å²) in [6.45, 7) is 0. The van der Waals surface area contributed by atoms with E-state index in [0.29, 0.717) is 17.6 Å². The Balaban J connectivity index is 1.17. The van der Waals surface area contributed by atoms with E-state index in [2.05, 4.69) is 47.2 Å². The first-order valence-electron chi connectivity index (χ1n) is 12.5. The van der Waals surface area contributed by atoms with Crippen LogP contribution in [-0.2, 0) is 11.2 Å². The molecule has 3 heterocycles. The zero-order chi connectivity index (χ0) is 22.7. The second-order valence-electron chi connectivity index (χ2n) is 11.0. The Morgan fingerprint density at radius 3 is 1.97 bits per heavy atom. The van der Waals surface area contributed by atoms with E-state index < -0.39 is 0 Å². The molecule has 4 fully saturated rings. The highest BCUT2D eigenvalue weighted by Crippen LogP contribution is 2.61. The highest BCUT2D eigenvalue weighted by Gasteiger charge is 2.51. The number of hydrogen-bond donors (Lipinski definition) is 0. The molecule has 0 N–H and O–H groups in total. The van der Waals surface area contributed by atoms with Crippen LogP contribution in [0.3, 0.4) is 0 Å². The maximum atomic E-state index is 13.3. The van der Waals surface area contributed by atoms with Crippen LogP contribution in [0.1, 0.15) is 50.5 Å². The monoisotopic (exact) mass is 484 g/mol. The van der Waals surface area contributed by atoms with Gasteiger partial charge in [-0.25, -0.2) is 9.97 Å². The van der Waals surface area contributed by atoms with Gasteiger partial charge in [0.2, 0.25) is 0 Å². The molecular formula is C29H28N2OS2. The van der Waals surface area contributed by atoms with Crippen molar-refractivity contribution in [3.05, 3.63) is 58.8 Å². The van der Waals surface area contributed by atoms with Gasteiger partial charge in [0.15, 0.2) is 0 Å². The fraction of sp³-hybridized carbons (Fsp3) is 0.414. The van der Waals surface area contributed by atoms with Crippen LogP contribution in [-0.4, -0.2) is 15.8 Å². The molecule has 0 aliphatic heterocycles. The number of hydrogen-bond acceptors (Lipinski definition) is 5. The summed E-state index contributed by atoms with van der Waals surface area (Å²) in [5.74, 6) is 3.08. The average molecular weight is 485 g/mol. The van der Waals surface area contributed by atoms with Crippen molar-refractivity contribution >= 4 is 39.5 Å². The maximum absolute atomic E-state index is 13.3. The van der Waals surface area contributed by atoms with E-state index in [-0.39, 0.29) is 0 Å². The highest BCUT2D eigenvalue weighted by atomic mass is 32.1. The normalized spacial score (nSPS) is 27.5. The quantitative estimate of drug-likeness (QED) is 0.280. The Morgan fingerprint density at radius 1 is 0.824 bits per heavy atom. The van der Waals surface area contributed by atoms with Crippen molar-refractivity contribution in [2.75, 3.05) is 0 Å². The lowest BCUT2D eigenvalue weighted by Crippen LogP contribution is -2.47. The van der Waals surface area contributed by atoms with Crippen molar-refractivity contribution in [2.45, 2.75) is 51.4 Å². The van der Waals surface area contributed by atoms with E-state index in [1.165, 1.54) is 38.5 Å². The molecule has 0 radical (unpaired) electrons. The first-order valence-corrected chi connectivity index (χ1v) is 14.3. The van der Waals surface area contributed by atoms with Gasteiger partial charge in [-0.3, -0.25) is 4.79 Å². The summed E-state index contributed by atoms with van der Waals surface area (Å²) >= 11 is 3.38. The van der Waals surface area contributed by atoms with Crippen LogP contribution >= 0.6 is 22.7 Å². The van der Waals surface area contributed by atoms with Gasteiger partial charge in [-0.15, -0.1) is 22.7 Å². The molecule has 5 heteroatoms. The number of carbonyl (C=O) groups is 1. The second-order valence-corrected chi connectivity index (χ2v) is 12.9. The topological polar surface area (TPSA) is 42.9 Å². The molecule has 4 saturated carbocycles. The van der Waals surface area contributed by atoms with Gasteiger partial charge in [-0.2, -0.15) is 0 Å². The molecule has 0 spiro atoms. The van der Waals surface area contributed by atoms with Gasteiger partial charge >= 0.3 is 0 Å². The largest absolute Gasteiger partial charge is 0.299 e. The molecule has 0 atom stereocenters. The smallest absolute Gasteiger partial charge is 0.137 e. The van der Waals surface area contributed by atoms with Crippen LogP contribution in [0.25, 0.3) is 32.2 Å². The number of benzene rings is 1. The summed E-state index contributed by atoms with van der Waals surface area (Å²) in [7, 11) is 0. The Bertz CT molecular complexity index is 1320. The summed E-state index contributed by atoms with van der Waals surface area (Å²) < 4.78 is 0. The van der Waals surface area contributed by atoms with Crippen molar-refractivity contribution in [2.24, 2.45) is 23.2 Å². The van der Waals surface area contributed by atoms with Gasteiger partial charge in [-0.05, 0) is 102 Å². The van der Waals surface area contributed by atoms with Crippen LogP contribution in [0.15, 0.2) is 53.2 Å². The summed E-state index contributed by atoms with van der Waals surface area (Å²) in [5, 5.41) is 4.16. The lowest BCUT2D eigenvalue weighted by molar-refractivity contribution is -0.126. The van der Waals surface area contributed by atoms with E-state index in [9.17, 15) is 4.79 Å². The van der Waals surface area contributed by atoms with Gasteiger partial charge < -0.3 is 0 Å². The fourth-order valence-corrected chi connectivity index (χ4v) is 9.02. The van der Waals surface area contributed by atoms with Crippen LogP contribution in [0, 0.1) is 23.2 Å². The number of nitrogens with zero attached hydrogens (tertiary/aromatic N) is 2. The standard InChI is InChI=1S/C29H28N2OS2/c32-22(17-29-14-19-9-20(15-29)11-21(10-19)16-29)12-18-5-6-23-24(13-18)31-28(26-4-2-8-34-26)27(30-23)25-3-1-7-33-25/h1-8,13,19-21H,9-12,14-17H2. The van der Waals surface area contributed by atoms with Crippen LogP contribution in [0.2, 0.25) is 0 Å². The molecule has 4 aromatic rings. The molecule has 0 amide bonds. The Hall–Kier alpha value is -2.37. The first kappa shape index (κ1) is 21.0. The molecule has 3 nitrogen and oxygen atoms in total. The minimum Gasteiger partial charge on any atom is -0.299 e. The molecule has 34 heavy (non-hydrogen) atoms. The van der Waals surface area contributed by atoms with Crippen molar-refractivity contribution < 1.29 is 4.79 Å². The summed E-state index contributed by atoms with van der Waals surface area (Å²) in [6.07, 6.45) is 9.46. The van der Waals surface area contributed by atoms with Gasteiger partial charge in [0, 0.05) is 12.8 Å². The van der Waals surface area contributed by atoms with Crippen molar-refractivity contribution in [3.8, 4) is 21.1 Å². The fourth-order valence-electron chi connectivity index (χ4n) is 7.59. The zero-order valence-electron chi connectivity index (χ0n) is 19.2. The number of fused-ring (bicyclic) bond motifs is 1. The third-order valence-electron chi connectivity index (χ3n) is 8.38.